The van der Waals surface area contributed by atoms with Crippen LogP contribution in [0, 0.1) is 5.92 Å². The van der Waals surface area contributed by atoms with Crippen molar-refractivity contribution < 1.29 is 29.3 Å². The van der Waals surface area contributed by atoms with Crippen molar-refractivity contribution >= 4 is 17.9 Å². The van der Waals surface area contributed by atoms with Crippen LogP contribution in [0.15, 0.2) is 18.2 Å². The molecular formula is C20H28O6. The number of aromatic carboxylic acids is 2. The first-order valence-corrected chi connectivity index (χ1v) is 9.14. The Morgan fingerprint density at radius 1 is 0.885 bits per heavy atom. The van der Waals surface area contributed by atoms with Crippen LogP contribution in [-0.2, 0) is 4.74 Å². The Labute approximate surface area is 154 Å². The van der Waals surface area contributed by atoms with Crippen molar-refractivity contribution in [3.8, 4) is 0 Å². The lowest BCUT2D eigenvalue weighted by atomic mass is 10.0. The van der Waals surface area contributed by atoms with E-state index < -0.39 is 17.9 Å². The molecule has 6 nitrogen and oxygen atoms in total. The van der Waals surface area contributed by atoms with Crippen LogP contribution < -0.4 is 0 Å². The first kappa shape index (κ1) is 21.7. The molecule has 0 saturated carbocycles. The number of rotatable bonds is 12. The number of ether oxygens (including phenoxy) is 1. The molecule has 1 aromatic rings. The fraction of sp³-hybridized carbons (Fsp3) is 0.550. The Balaban J connectivity index is 2.52. The van der Waals surface area contributed by atoms with Crippen molar-refractivity contribution in [3.05, 3.63) is 34.9 Å². The second-order valence-corrected chi connectivity index (χ2v) is 6.67. The van der Waals surface area contributed by atoms with Crippen LogP contribution in [-0.4, -0.2) is 34.7 Å². The molecule has 2 N–H and O–H groups in total. The van der Waals surface area contributed by atoms with Gasteiger partial charge in [0.1, 0.15) is 0 Å². The normalized spacial score (nSPS) is 11.8. The molecule has 0 aromatic heterocycles. The molecule has 1 aromatic carbocycles. The van der Waals surface area contributed by atoms with Crippen molar-refractivity contribution in [2.24, 2.45) is 5.92 Å². The molecule has 0 aliphatic carbocycles. The van der Waals surface area contributed by atoms with Gasteiger partial charge in [0.05, 0.1) is 23.3 Å². The van der Waals surface area contributed by atoms with E-state index in [-0.39, 0.29) is 29.2 Å². The summed E-state index contributed by atoms with van der Waals surface area (Å²) >= 11 is 0. The van der Waals surface area contributed by atoms with Crippen LogP contribution in [0.5, 0.6) is 0 Å². The number of unbranched alkanes of at least 4 members (excludes halogenated alkanes) is 5. The summed E-state index contributed by atoms with van der Waals surface area (Å²) in [5.74, 6) is -3.09. The van der Waals surface area contributed by atoms with E-state index in [1.807, 2.05) is 6.92 Å². The van der Waals surface area contributed by atoms with E-state index in [4.69, 9.17) is 14.9 Å². The van der Waals surface area contributed by atoms with Gasteiger partial charge in [0.25, 0.3) is 0 Å². The van der Waals surface area contributed by atoms with Gasteiger partial charge in [-0.3, -0.25) is 0 Å². The van der Waals surface area contributed by atoms with E-state index in [2.05, 4.69) is 6.92 Å². The van der Waals surface area contributed by atoms with Crippen molar-refractivity contribution in [2.75, 3.05) is 6.61 Å². The van der Waals surface area contributed by atoms with Crippen molar-refractivity contribution in [1.82, 2.24) is 0 Å². The average Bonchev–Trinajstić information content (AvgIpc) is 2.62. The van der Waals surface area contributed by atoms with Crippen molar-refractivity contribution in [1.29, 1.82) is 0 Å². The SMILES string of the molecule is CCCCCCCCC(C)COC(=O)c1cc(C(=O)O)cc(C(=O)O)c1. The van der Waals surface area contributed by atoms with Gasteiger partial charge in [-0.2, -0.15) is 0 Å². The number of carboxylic acids is 2. The first-order chi connectivity index (χ1) is 12.3. The first-order valence-electron chi connectivity index (χ1n) is 9.14. The lowest BCUT2D eigenvalue weighted by molar-refractivity contribution is 0.0442. The standard InChI is InChI=1S/C20H28O6/c1-3-4-5-6-7-8-9-14(2)13-26-20(25)17-11-15(18(21)22)10-16(12-17)19(23)24/h10-12,14H,3-9,13H2,1-2H3,(H,21,22)(H,23,24). The summed E-state index contributed by atoms with van der Waals surface area (Å²) in [6.07, 6.45) is 8.17. The largest absolute Gasteiger partial charge is 0.478 e. The highest BCUT2D eigenvalue weighted by molar-refractivity contribution is 5.99. The summed E-state index contributed by atoms with van der Waals surface area (Å²) < 4.78 is 5.23. The van der Waals surface area contributed by atoms with Gasteiger partial charge in [0.15, 0.2) is 0 Å². The molecule has 0 spiro atoms. The molecule has 6 heteroatoms. The van der Waals surface area contributed by atoms with Crippen LogP contribution in [0.1, 0.15) is 89.9 Å². The van der Waals surface area contributed by atoms with Crippen LogP contribution in [0.4, 0.5) is 0 Å². The minimum atomic E-state index is -1.29. The second-order valence-electron chi connectivity index (χ2n) is 6.67. The predicted molar refractivity (Wildman–Crippen MR) is 97.8 cm³/mol. The van der Waals surface area contributed by atoms with Crippen molar-refractivity contribution in [3.63, 3.8) is 0 Å². The Morgan fingerprint density at radius 2 is 1.38 bits per heavy atom. The zero-order valence-electron chi connectivity index (χ0n) is 15.5. The van der Waals surface area contributed by atoms with Crippen LogP contribution in [0.3, 0.4) is 0 Å². The topological polar surface area (TPSA) is 101 Å². The molecule has 0 aliphatic rings. The highest BCUT2D eigenvalue weighted by Crippen LogP contribution is 2.15. The van der Waals surface area contributed by atoms with E-state index in [0.29, 0.717) is 0 Å². The molecule has 26 heavy (non-hydrogen) atoms. The van der Waals surface area contributed by atoms with E-state index >= 15 is 0 Å². The third-order valence-electron chi connectivity index (χ3n) is 4.21. The monoisotopic (exact) mass is 364 g/mol. The molecule has 0 bridgehead atoms. The highest BCUT2D eigenvalue weighted by atomic mass is 16.5. The van der Waals surface area contributed by atoms with Gasteiger partial charge in [0, 0.05) is 0 Å². The van der Waals surface area contributed by atoms with Crippen LogP contribution >= 0.6 is 0 Å². The predicted octanol–water partition coefficient (Wildman–Crippen LogP) is 4.63. The van der Waals surface area contributed by atoms with Crippen molar-refractivity contribution in [2.45, 2.75) is 58.8 Å². The van der Waals surface area contributed by atoms with Gasteiger partial charge in [0.2, 0.25) is 0 Å². The Morgan fingerprint density at radius 3 is 1.92 bits per heavy atom. The number of carbonyl (C=O) groups excluding carboxylic acids is 1. The summed E-state index contributed by atoms with van der Waals surface area (Å²) in [6.45, 7) is 4.41. The summed E-state index contributed by atoms with van der Waals surface area (Å²) in [4.78, 5) is 34.3. The van der Waals surface area contributed by atoms with E-state index in [9.17, 15) is 14.4 Å². The molecule has 1 unspecified atom stereocenters. The quantitative estimate of drug-likeness (QED) is 0.414. The molecule has 0 radical (unpaired) electrons. The van der Waals surface area contributed by atoms with Gasteiger partial charge in [-0.1, -0.05) is 52.4 Å². The zero-order valence-corrected chi connectivity index (χ0v) is 15.5. The maximum absolute atomic E-state index is 12.1. The zero-order chi connectivity index (χ0) is 19.5. The second kappa shape index (κ2) is 11.3. The smallest absolute Gasteiger partial charge is 0.338 e. The summed E-state index contributed by atoms with van der Waals surface area (Å²) in [6, 6.07) is 3.29. The molecule has 1 atom stereocenters. The number of esters is 1. The number of hydrogen-bond donors (Lipinski definition) is 2. The molecule has 1 rings (SSSR count). The van der Waals surface area contributed by atoms with Crippen LogP contribution in [0.25, 0.3) is 0 Å². The molecule has 144 valence electrons. The van der Waals surface area contributed by atoms with E-state index in [0.717, 1.165) is 31.0 Å². The fourth-order valence-corrected chi connectivity index (χ4v) is 2.65. The number of carboxylic acid groups (broad SMARTS) is 2. The number of benzene rings is 1. The highest BCUT2D eigenvalue weighted by Gasteiger charge is 2.17. The van der Waals surface area contributed by atoms with E-state index in [1.54, 1.807) is 0 Å². The Hall–Kier alpha value is -2.37. The number of hydrogen-bond acceptors (Lipinski definition) is 4. The van der Waals surface area contributed by atoms with Gasteiger partial charge >= 0.3 is 17.9 Å². The Bertz CT molecular complexity index is 590. The minimum Gasteiger partial charge on any atom is -0.478 e. The third-order valence-corrected chi connectivity index (χ3v) is 4.21. The number of carbonyl (C=O) groups is 3. The van der Waals surface area contributed by atoms with Gasteiger partial charge < -0.3 is 14.9 Å². The fourth-order valence-electron chi connectivity index (χ4n) is 2.65. The van der Waals surface area contributed by atoms with Gasteiger partial charge in [-0.05, 0) is 30.5 Å². The van der Waals surface area contributed by atoms with Gasteiger partial charge in [-0.15, -0.1) is 0 Å². The minimum absolute atomic E-state index is 0.0611. The molecule has 0 heterocycles. The molecule has 0 aliphatic heterocycles. The van der Waals surface area contributed by atoms with Crippen LogP contribution in [0.2, 0.25) is 0 Å². The maximum atomic E-state index is 12.1. The maximum Gasteiger partial charge on any atom is 0.338 e. The lowest BCUT2D eigenvalue weighted by Crippen LogP contribution is -2.14. The lowest BCUT2D eigenvalue weighted by Gasteiger charge is -2.12. The summed E-state index contributed by atoms with van der Waals surface area (Å²) in [7, 11) is 0. The average molecular weight is 364 g/mol. The summed E-state index contributed by atoms with van der Waals surface area (Å²) in [5, 5.41) is 18.1. The molecule has 0 amide bonds. The molecular weight excluding hydrogens is 336 g/mol. The summed E-state index contributed by atoms with van der Waals surface area (Å²) in [5.41, 5.74) is -0.567. The molecule has 0 fully saturated rings. The van der Waals surface area contributed by atoms with E-state index in [1.165, 1.54) is 32.1 Å². The third kappa shape index (κ3) is 7.68. The molecule has 0 saturated heterocycles. The Kier molecular flexibility index (Phi) is 9.41. The van der Waals surface area contributed by atoms with Gasteiger partial charge in [-0.25, -0.2) is 14.4 Å².